The van der Waals surface area contributed by atoms with Gasteiger partial charge < -0.3 is 24.1 Å². The van der Waals surface area contributed by atoms with Crippen LogP contribution in [-0.4, -0.2) is 42.5 Å². The van der Waals surface area contributed by atoms with Gasteiger partial charge in [-0.15, -0.1) is 0 Å². The quantitative estimate of drug-likeness (QED) is 0.493. The van der Waals surface area contributed by atoms with Crippen LogP contribution in [-0.2, 0) is 38.8 Å². The molecule has 0 spiro atoms. The van der Waals surface area contributed by atoms with Crippen molar-refractivity contribution >= 4 is 0 Å². The Morgan fingerprint density at radius 3 is 1.73 bits per heavy atom. The lowest BCUT2D eigenvalue weighted by Gasteiger charge is -2.41. The van der Waals surface area contributed by atoms with E-state index < -0.39 is 30.8 Å². The van der Waals surface area contributed by atoms with Crippen molar-refractivity contribution in [2.45, 2.75) is 50.6 Å². The van der Waals surface area contributed by atoms with Crippen LogP contribution in [0.3, 0.4) is 0 Å². The van der Waals surface area contributed by atoms with Gasteiger partial charge in [-0.2, -0.15) is 0 Å². The number of hydrogen-bond acceptors (Lipinski definition) is 5. The lowest BCUT2D eigenvalue weighted by molar-refractivity contribution is -0.300. The number of aliphatic hydroxyl groups excluding tert-OH is 1. The number of benzene rings is 3. The Bertz CT molecular complexity index is 941. The molecular formula is C27H29FO5. The molecule has 1 aliphatic rings. The maximum absolute atomic E-state index is 15.4. The molecule has 33 heavy (non-hydrogen) atoms. The molecule has 1 fully saturated rings. The molecule has 4 rings (SSSR count). The van der Waals surface area contributed by atoms with E-state index in [1.807, 2.05) is 91.0 Å². The van der Waals surface area contributed by atoms with Crippen LogP contribution in [0.4, 0.5) is 4.39 Å². The van der Waals surface area contributed by atoms with Crippen molar-refractivity contribution < 1.29 is 28.4 Å². The van der Waals surface area contributed by atoms with Gasteiger partial charge in [-0.3, -0.25) is 0 Å². The fourth-order valence-electron chi connectivity index (χ4n) is 3.73. The highest BCUT2D eigenvalue weighted by molar-refractivity contribution is 5.15. The second-order valence-corrected chi connectivity index (χ2v) is 8.04. The van der Waals surface area contributed by atoms with Gasteiger partial charge in [0.05, 0.1) is 26.4 Å². The zero-order valence-electron chi connectivity index (χ0n) is 18.3. The maximum atomic E-state index is 15.4. The standard InChI is InChI=1S/C27H29FO5/c28-24-26(31-17-21-12-6-2-7-13-21)25(29)23(19-30-16-20-10-4-1-5-11-20)33-27(24)32-18-22-14-8-3-9-15-22/h1-15,23-27,29H,16-19H2/t23-,24-,25-,26-,27-/m1/s1. The van der Waals surface area contributed by atoms with Gasteiger partial charge in [0.1, 0.15) is 18.3 Å². The Kier molecular flexibility index (Phi) is 8.58. The van der Waals surface area contributed by atoms with E-state index in [-0.39, 0.29) is 19.8 Å². The molecule has 174 valence electrons. The van der Waals surface area contributed by atoms with Crippen LogP contribution >= 0.6 is 0 Å². The highest BCUT2D eigenvalue weighted by Gasteiger charge is 2.47. The first-order valence-electron chi connectivity index (χ1n) is 11.1. The van der Waals surface area contributed by atoms with E-state index in [1.54, 1.807) is 0 Å². The van der Waals surface area contributed by atoms with Crippen molar-refractivity contribution in [2.24, 2.45) is 0 Å². The molecule has 1 N–H and O–H groups in total. The van der Waals surface area contributed by atoms with Crippen molar-refractivity contribution in [1.29, 1.82) is 0 Å². The predicted octanol–water partition coefficient (Wildman–Crippen LogP) is 4.43. The summed E-state index contributed by atoms with van der Waals surface area (Å²) in [4.78, 5) is 0. The van der Waals surface area contributed by atoms with Crippen LogP contribution in [0.25, 0.3) is 0 Å². The van der Waals surface area contributed by atoms with Crippen LogP contribution in [0.15, 0.2) is 91.0 Å². The van der Waals surface area contributed by atoms with Crippen molar-refractivity contribution in [3.8, 4) is 0 Å². The first-order valence-corrected chi connectivity index (χ1v) is 11.1. The summed E-state index contributed by atoms with van der Waals surface area (Å²) in [5, 5.41) is 10.9. The summed E-state index contributed by atoms with van der Waals surface area (Å²) in [6.45, 7) is 0.799. The molecule has 5 atom stereocenters. The van der Waals surface area contributed by atoms with Crippen LogP contribution in [0.5, 0.6) is 0 Å². The minimum atomic E-state index is -1.65. The third-order valence-corrected chi connectivity index (χ3v) is 5.54. The van der Waals surface area contributed by atoms with Gasteiger partial charge >= 0.3 is 0 Å². The highest BCUT2D eigenvalue weighted by atomic mass is 19.1. The Morgan fingerprint density at radius 2 is 1.18 bits per heavy atom. The van der Waals surface area contributed by atoms with Gasteiger partial charge in [0, 0.05) is 0 Å². The average molecular weight is 453 g/mol. The van der Waals surface area contributed by atoms with Crippen molar-refractivity contribution in [3.05, 3.63) is 108 Å². The number of rotatable bonds is 10. The summed E-state index contributed by atoms with van der Waals surface area (Å²) >= 11 is 0. The Morgan fingerprint density at radius 1 is 0.697 bits per heavy atom. The average Bonchev–Trinajstić information content (AvgIpc) is 2.86. The van der Waals surface area contributed by atoms with E-state index in [0.29, 0.717) is 6.61 Å². The van der Waals surface area contributed by atoms with Crippen molar-refractivity contribution in [2.75, 3.05) is 6.61 Å². The van der Waals surface area contributed by atoms with E-state index in [2.05, 4.69) is 0 Å². The number of ether oxygens (including phenoxy) is 4. The number of halogens is 1. The molecule has 0 radical (unpaired) electrons. The third kappa shape index (κ3) is 6.69. The Labute approximate surface area is 193 Å². The van der Waals surface area contributed by atoms with E-state index in [9.17, 15) is 5.11 Å². The maximum Gasteiger partial charge on any atom is 0.192 e. The second kappa shape index (κ2) is 12.0. The van der Waals surface area contributed by atoms with Gasteiger partial charge in [-0.05, 0) is 16.7 Å². The summed E-state index contributed by atoms with van der Waals surface area (Å²) in [5.74, 6) is 0. The molecular weight excluding hydrogens is 423 g/mol. The minimum absolute atomic E-state index is 0.0825. The molecule has 0 saturated carbocycles. The smallest absolute Gasteiger partial charge is 0.192 e. The summed E-state index contributed by atoms with van der Waals surface area (Å²) < 4.78 is 38.5. The molecule has 3 aromatic rings. The van der Waals surface area contributed by atoms with Crippen LogP contribution < -0.4 is 0 Å². The minimum Gasteiger partial charge on any atom is -0.387 e. The fourth-order valence-corrected chi connectivity index (χ4v) is 3.73. The zero-order valence-corrected chi connectivity index (χ0v) is 18.3. The number of aliphatic hydroxyl groups is 1. The molecule has 5 nitrogen and oxygen atoms in total. The van der Waals surface area contributed by atoms with E-state index >= 15 is 4.39 Å². The number of alkyl halides is 1. The lowest BCUT2D eigenvalue weighted by atomic mass is 9.99. The number of hydrogen-bond donors (Lipinski definition) is 1. The third-order valence-electron chi connectivity index (χ3n) is 5.54. The Balaban J connectivity index is 1.41. The molecule has 6 heteroatoms. The fraction of sp³-hybridized carbons (Fsp3) is 0.333. The molecule has 1 saturated heterocycles. The van der Waals surface area contributed by atoms with Gasteiger partial charge in [0.25, 0.3) is 0 Å². The first-order chi connectivity index (χ1) is 16.2. The van der Waals surface area contributed by atoms with Gasteiger partial charge in [-0.25, -0.2) is 4.39 Å². The molecule has 0 aliphatic carbocycles. The second-order valence-electron chi connectivity index (χ2n) is 8.04. The van der Waals surface area contributed by atoms with Crippen molar-refractivity contribution in [3.63, 3.8) is 0 Å². The van der Waals surface area contributed by atoms with Gasteiger partial charge in [0.15, 0.2) is 12.5 Å². The summed E-state index contributed by atoms with van der Waals surface area (Å²) in [6.07, 6.45) is -5.93. The van der Waals surface area contributed by atoms with E-state index in [4.69, 9.17) is 18.9 Å². The van der Waals surface area contributed by atoms with Crippen LogP contribution in [0.1, 0.15) is 16.7 Å². The first kappa shape index (κ1) is 23.5. The highest BCUT2D eigenvalue weighted by Crippen LogP contribution is 2.28. The van der Waals surface area contributed by atoms with Crippen LogP contribution in [0, 0.1) is 0 Å². The van der Waals surface area contributed by atoms with Crippen molar-refractivity contribution in [1.82, 2.24) is 0 Å². The summed E-state index contributed by atoms with van der Waals surface area (Å²) in [7, 11) is 0. The molecule has 0 aromatic heterocycles. The summed E-state index contributed by atoms with van der Waals surface area (Å²) in [6, 6.07) is 28.6. The van der Waals surface area contributed by atoms with Gasteiger partial charge in [-0.1, -0.05) is 91.0 Å². The zero-order chi connectivity index (χ0) is 22.9. The van der Waals surface area contributed by atoms with Crippen LogP contribution in [0.2, 0.25) is 0 Å². The predicted molar refractivity (Wildman–Crippen MR) is 122 cm³/mol. The van der Waals surface area contributed by atoms with E-state index in [1.165, 1.54) is 0 Å². The Hall–Kier alpha value is -2.61. The monoisotopic (exact) mass is 452 g/mol. The normalized spacial score (nSPS) is 25.1. The topological polar surface area (TPSA) is 57.2 Å². The molecule has 0 amide bonds. The SMILES string of the molecule is O[C@H]1[C@H](OCc2ccccc2)[C@@H](F)[C@H](OCc2ccccc2)O[C@@H]1COCc1ccccc1. The molecule has 1 aliphatic heterocycles. The van der Waals surface area contributed by atoms with E-state index in [0.717, 1.165) is 16.7 Å². The largest absolute Gasteiger partial charge is 0.387 e. The molecule has 1 heterocycles. The molecule has 3 aromatic carbocycles. The molecule has 0 unspecified atom stereocenters. The lowest BCUT2D eigenvalue weighted by Crippen LogP contribution is -2.58. The summed E-state index contributed by atoms with van der Waals surface area (Å²) in [5.41, 5.74) is 2.79. The molecule has 0 bridgehead atoms. The van der Waals surface area contributed by atoms with Gasteiger partial charge in [0.2, 0.25) is 0 Å².